The highest BCUT2D eigenvalue weighted by Crippen LogP contribution is 2.05. The molecule has 1 aromatic heterocycles. The van der Waals surface area contributed by atoms with Gasteiger partial charge in [-0.2, -0.15) is 0 Å². The van der Waals surface area contributed by atoms with Gasteiger partial charge in [0.25, 0.3) is 0 Å². The number of nitrogens with one attached hydrogen (secondary N) is 1. The Morgan fingerprint density at radius 3 is 2.50 bits per heavy atom. The van der Waals surface area contributed by atoms with Crippen LogP contribution in [-0.2, 0) is 4.74 Å². The van der Waals surface area contributed by atoms with Gasteiger partial charge in [-0.15, -0.1) is 0 Å². The number of aromatic nitrogens is 1. The molecular weight excluding hydrogens is 237 g/mol. The van der Waals surface area contributed by atoms with E-state index in [2.05, 4.69) is 4.98 Å². The van der Waals surface area contributed by atoms with Crippen molar-refractivity contribution < 1.29 is 18.7 Å². The van der Waals surface area contributed by atoms with Gasteiger partial charge in [0.2, 0.25) is 5.78 Å². The van der Waals surface area contributed by atoms with E-state index in [1.54, 1.807) is 18.3 Å². The van der Waals surface area contributed by atoms with Gasteiger partial charge in [0.1, 0.15) is 5.82 Å². The first-order valence-electron chi connectivity index (χ1n) is 5.26. The average molecular weight is 247 g/mol. The van der Waals surface area contributed by atoms with Crippen molar-refractivity contribution in [1.29, 1.82) is 0 Å². The number of ketones is 1. The lowest BCUT2D eigenvalue weighted by molar-refractivity contribution is 0.0473. The second kappa shape index (κ2) is 5.27. The number of esters is 1. The van der Waals surface area contributed by atoms with Crippen molar-refractivity contribution in [2.75, 3.05) is 6.61 Å². The van der Waals surface area contributed by atoms with Crippen molar-refractivity contribution in [3.63, 3.8) is 0 Å². The average Bonchev–Trinajstić information content (AvgIpc) is 2.90. The number of hydrogen-bond donors (Lipinski definition) is 1. The molecule has 2 aromatic rings. The summed E-state index contributed by atoms with van der Waals surface area (Å²) in [4.78, 5) is 25.8. The van der Waals surface area contributed by atoms with E-state index < -0.39 is 11.8 Å². The Balaban J connectivity index is 1.92. The summed E-state index contributed by atoms with van der Waals surface area (Å²) in [5, 5.41) is 0. The predicted molar refractivity (Wildman–Crippen MR) is 61.8 cm³/mol. The Hall–Kier alpha value is -2.43. The molecule has 0 spiro atoms. The molecule has 0 radical (unpaired) electrons. The van der Waals surface area contributed by atoms with Crippen LogP contribution < -0.4 is 0 Å². The second-order valence-corrected chi connectivity index (χ2v) is 3.59. The first kappa shape index (κ1) is 12.0. The first-order valence-corrected chi connectivity index (χ1v) is 5.26. The monoisotopic (exact) mass is 247 g/mol. The van der Waals surface area contributed by atoms with E-state index in [4.69, 9.17) is 4.74 Å². The van der Waals surface area contributed by atoms with Gasteiger partial charge in [0.05, 0.1) is 11.3 Å². The Morgan fingerprint density at radius 1 is 1.17 bits per heavy atom. The zero-order chi connectivity index (χ0) is 13.0. The minimum absolute atomic E-state index is 0.204. The lowest BCUT2D eigenvalue weighted by Gasteiger charge is -2.03. The molecule has 0 bridgehead atoms. The zero-order valence-electron chi connectivity index (χ0n) is 9.35. The van der Waals surface area contributed by atoms with Crippen molar-refractivity contribution in [3.05, 3.63) is 59.7 Å². The van der Waals surface area contributed by atoms with Crippen molar-refractivity contribution >= 4 is 11.8 Å². The van der Waals surface area contributed by atoms with E-state index in [1.807, 2.05) is 0 Å². The lowest BCUT2D eigenvalue weighted by atomic mass is 10.2. The molecule has 4 nitrogen and oxygen atoms in total. The molecule has 0 aliphatic heterocycles. The van der Waals surface area contributed by atoms with E-state index in [0.29, 0.717) is 5.69 Å². The lowest BCUT2D eigenvalue weighted by Crippen LogP contribution is -2.14. The minimum atomic E-state index is -0.657. The highest BCUT2D eigenvalue weighted by molar-refractivity contribution is 5.98. The summed E-state index contributed by atoms with van der Waals surface area (Å²) in [7, 11) is 0. The zero-order valence-corrected chi connectivity index (χ0v) is 9.35. The Kier molecular flexibility index (Phi) is 3.52. The number of carbonyl (C=O) groups is 2. The number of Topliss-reactive ketones (excluding diaryl/α,β-unsaturated/α-hetero) is 1. The quantitative estimate of drug-likeness (QED) is 0.665. The Bertz CT molecular complexity index is 546. The highest BCUT2D eigenvalue weighted by Gasteiger charge is 2.12. The maximum atomic E-state index is 12.6. The minimum Gasteiger partial charge on any atom is -0.454 e. The first-order chi connectivity index (χ1) is 8.66. The summed E-state index contributed by atoms with van der Waals surface area (Å²) in [6.45, 7) is -0.350. The molecule has 0 saturated heterocycles. The molecule has 18 heavy (non-hydrogen) atoms. The maximum absolute atomic E-state index is 12.6. The number of hydrogen-bond acceptors (Lipinski definition) is 3. The van der Waals surface area contributed by atoms with Crippen molar-refractivity contribution in [3.8, 4) is 0 Å². The predicted octanol–water partition coefficient (Wildman–Crippen LogP) is 2.19. The molecule has 0 fully saturated rings. The number of H-pyrrole nitrogens is 1. The molecule has 5 heteroatoms. The molecule has 0 saturated carbocycles. The maximum Gasteiger partial charge on any atom is 0.338 e. The molecular formula is C13H10FNO3. The van der Waals surface area contributed by atoms with E-state index in [0.717, 1.165) is 12.1 Å². The summed E-state index contributed by atoms with van der Waals surface area (Å²) in [5.41, 5.74) is 0.581. The third-order valence-electron chi connectivity index (χ3n) is 2.31. The fraction of sp³-hybridized carbons (Fsp3) is 0.0769. The molecule has 1 N–H and O–H groups in total. The molecule has 0 amide bonds. The summed E-state index contributed by atoms with van der Waals surface area (Å²) in [6, 6.07) is 8.18. The van der Waals surface area contributed by atoms with Crippen LogP contribution in [0.2, 0.25) is 0 Å². The van der Waals surface area contributed by atoms with Crippen LogP contribution in [0.5, 0.6) is 0 Å². The number of halogens is 1. The molecule has 0 aliphatic carbocycles. The Labute approximate surface area is 102 Å². The molecule has 1 heterocycles. The highest BCUT2D eigenvalue weighted by atomic mass is 19.1. The van der Waals surface area contributed by atoms with Gasteiger partial charge >= 0.3 is 5.97 Å². The Morgan fingerprint density at radius 2 is 1.89 bits per heavy atom. The van der Waals surface area contributed by atoms with Crippen LogP contribution in [0.1, 0.15) is 20.8 Å². The van der Waals surface area contributed by atoms with Crippen molar-refractivity contribution in [2.24, 2.45) is 0 Å². The van der Waals surface area contributed by atoms with Crippen molar-refractivity contribution in [2.45, 2.75) is 0 Å². The van der Waals surface area contributed by atoms with Crippen LogP contribution in [0.4, 0.5) is 4.39 Å². The van der Waals surface area contributed by atoms with Gasteiger partial charge in [-0.25, -0.2) is 9.18 Å². The van der Waals surface area contributed by atoms with E-state index >= 15 is 0 Å². The molecule has 0 atom stereocenters. The van der Waals surface area contributed by atoms with E-state index in [1.165, 1.54) is 12.1 Å². The largest absolute Gasteiger partial charge is 0.454 e. The van der Waals surface area contributed by atoms with Crippen LogP contribution in [0.15, 0.2) is 42.6 Å². The summed E-state index contributed by atoms with van der Waals surface area (Å²) < 4.78 is 17.5. The number of aromatic amines is 1. The summed E-state index contributed by atoms with van der Waals surface area (Å²) in [5.74, 6) is -1.42. The van der Waals surface area contributed by atoms with Crippen LogP contribution in [0.3, 0.4) is 0 Å². The number of ether oxygens (including phenoxy) is 1. The number of rotatable bonds is 4. The van der Waals surface area contributed by atoms with Gasteiger partial charge < -0.3 is 9.72 Å². The van der Waals surface area contributed by atoms with Crippen LogP contribution in [-0.4, -0.2) is 23.3 Å². The van der Waals surface area contributed by atoms with E-state index in [-0.39, 0.29) is 18.0 Å². The van der Waals surface area contributed by atoms with Crippen LogP contribution in [0, 0.1) is 5.82 Å². The number of benzene rings is 1. The third kappa shape index (κ3) is 2.82. The van der Waals surface area contributed by atoms with Crippen molar-refractivity contribution in [1.82, 2.24) is 4.98 Å². The molecule has 1 aromatic carbocycles. The third-order valence-corrected chi connectivity index (χ3v) is 2.31. The molecule has 0 aliphatic rings. The fourth-order valence-electron chi connectivity index (χ4n) is 1.38. The standard InChI is InChI=1S/C13H10FNO3/c14-10-5-3-9(4-6-10)13(17)18-8-12(16)11-2-1-7-15-11/h1-7,15H,8H2. The molecule has 92 valence electrons. The number of carbonyl (C=O) groups excluding carboxylic acids is 2. The molecule has 0 unspecified atom stereocenters. The fourth-order valence-corrected chi connectivity index (χ4v) is 1.38. The smallest absolute Gasteiger partial charge is 0.338 e. The van der Waals surface area contributed by atoms with Crippen LogP contribution in [0.25, 0.3) is 0 Å². The van der Waals surface area contributed by atoms with E-state index in [9.17, 15) is 14.0 Å². The normalized spacial score (nSPS) is 10.1. The molecule has 2 rings (SSSR count). The topological polar surface area (TPSA) is 59.2 Å². The SMILES string of the molecule is O=C(OCC(=O)c1ccc[nH]1)c1ccc(F)cc1. The summed E-state index contributed by atoms with van der Waals surface area (Å²) >= 11 is 0. The van der Waals surface area contributed by atoms with Gasteiger partial charge in [-0.05, 0) is 36.4 Å². The van der Waals surface area contributed by atoms with Gasteiger partial charge in [0, 0.05) is 6.20 Å². The van der Waals surface area contributed by atoms with Gasteiger partial charge in [-0.1, -0.05) is 0 Å². The van der Waals surface area contributed by atoms with Gasteiger partial charge in [0.15, 0.2) is 6.61 Å². The van der Waals surface area contributed by atoms with Gasteiger partial charge in [-0.3, -0.25) is 4.79 Å². The summed E-state index contributed by atoms with van der Waals surface area (Å²) in [6.07, 6.45) is 1.61. The van der Waals surface area contributed by atoms with Crippen LogP contribution >= 0.6 is 0 Å². The second-order valence-electron chi connectivity index (χ2n) is 3.59.